The number of hydrogen-bond acceptors (Lipinski definition) is 6. The Morgan fingerprint density at radius 3 is 2.75 bits per heavy atom. The van der Waals surface area contributed by atoms with Crippen molar-refractivity contribution in [1.82, 2.24) is 20.1 Å². The topological polar surface area (TPSA) is 91.8 Å². The Morgan fingerprint density at radius 1 is 1.39 bits per heavy atom. The van der Waals surface area contributed by atoms with Crippen molar-refractivity contribution in [3.05, 3.63) is 16.6 Å². The average Bonchev–Trinajstić information content (AvgIpc) is 3.33. The Labute approximate surface area is 169 Å². The molecule has 9 heteroatoms. The number of likely N-dealkylation sites (N-methyl/N-ethyl adjacent to an activating group) is 1. The second-order valence-corrected chi connectivity index (χ2v) is 8.11. The first-order valence-electron chi connectivity index (χ1n) is 9.77. The minimum absolute atomic E-state index is 0.0489. The number of likely N-dealkylation sites (tertiary alicyclic amines) is 2. The maximum absolute atomic E-state index is 13.1. The Bertz CT molecular complexity index is 701. The van der Waals surface area contributed by atoms with E-state index in [0.717, 1.165) is 6.42 Å². The van der Waals surface area contributed by atoms with Crippen molar-refractivity contribution in [2.45, 2.75) is 38.6 Å². The van der Waals surface area contributed by atoms with E-state index in [9.17, 15) is 14.4 Å². The molecule has 0 bridgehead atoms. The highest BCUT2D eigenvalue weighted by molar-refractivity contribution is 7.07. The van der Waals surface area contributed by atoms with Gasteiger partial charge in [0.05, 0.1) is 10.9 Å². The van der Waals surface area contributed by atoms with Gasteiger partial charge in [-0.3, -0.25) is 14.4 Å². The molecular weight excluding hydrogens is 380 g/mol. The lowest BCUT2D eigenvalue weighted by atomic mass is 9.76. The second-order valence-electron chi connectivity index (χ2n) is 7.39. The number of methoxy groups -OCH3 is 1. The molecule has 1 atom stereocenters. The van der Waals surface area contributed by atoms with Gasteiger partial charge in [-0.15, -0.1) is 11.3 Å². The summed E-state index contributed by atoms with van der Waals surface area (Å²) in [6.45, 7) is 4.58. The maximum Gasteiger partial charge on any atom is 0.273 e. The first kappa shape index (κ1) is 20.7. The molecule has 154 valence electrons. The highest BCUT2D eigenvalue weighted by Crippen LogP contribution is 2.44. The molecule has 1 aromatic heterocycles. The number of rotatable bonds is 7. The number of nitrogens with zero attached hydrogens (tertiary/aromatic N) is 3. The third-order valence-electron chi connectivity index (χ3n) is 5.80. The summed E-state index contributed by atoms with van der Waals surface area (Å²) in [5.74, 6) is -0.127. The van der Waals surface area contributed by atoms with Gasteiger partial charge in [-0.1, -0.05) is 0 Å². The normalized spacial score (nSPS) is 21.4. The molecule has 3 rings (SSSR count). The smallest absolute Gasteiger partial charge is 0.273 e. The number of carbonyl (C=O) groups is 3. The van der Waals surface area contributed by atoms with E-state index in [-0.39, 0.29) is 17.7 Å². The Morgan fingerprint density at radius 2 is 2.14 bits per heavy atom. The van der Waals surface area contributed by atoms with E-state index in [1.165, 1.54) is 11.3 Å². The van der Waals surface area contributed by atoms with E-state index in [4.69, 9.17) is 4.74 Å². The number of amides is 3. The predicted molar refractivity (Wildman–Crippen MR) is 105 cm³/mol. The van der Waals surface area contributed by atoms with E-state index >= 15 is 0 Å². The van der Waals surface area contributed by atoms with Crippen molar-refractivity contribution >= 4 is 29.1 Å². The lowest BCUT2D eigenvalue weighted by Crippen LogP contribution is -2.47. The van der Waals surface area contributed by atoms with Crippen molar-refractivity contribution in [3.8, 4) is 0 Å². The van der Waals surface area contributed by atoms with Gasteiger partial charge in [0, 0.05) is 45.3 Å². The molecule has 0 radical (unpaired) electrons. The maximum atomic E-state index is 13.1. The zero-order chi connectivity index (χ0) is 20.1. The van der Waals surface area contributed by atoms with Gasteiger partial charge in [0.15, 0.2) is 0 Å². The minimum Gasteiger partial charge on any atom is -0.385 e. The Hall–Kier alpha value is -2.00. The zero-order valence-electron chi connectivity index (χ0n) is 16.5. The van der Waals surface area contributed by atoms with E-state index in [2.05, 4.69) is 10.3 Å². The quantitative estimate of drug-likeness (QED) is 0.683. The molecule has 1 spiro atoms. The van der Waals surface area contributed by atoms with Crippen molar-refractivity contribution in [3.63, 3.8) is 0 Å². The van der Waals surface area contributed by atoms with Gasteiger partial charge < -0.3 is 19.9 Å². The van der Waals surface area contributed by atoms with Crippen molar-refractivity contribution < 1.29 is 19.1 Å². The van der Waals surface area contributed by atoms with Crippen LogP contribution in [0.1, 0.15) is 43.1 Å². The van der Waals surface area contributed by atoms with Crippen LogP contribution in [0.15, 0.2) is 10.9 Å². The second kappa shape index (κ2) is 9.00. The summed E-state index contributed by atoms with van der Waals surface area (Å²) in [5.41, 5.74) is 1.57. The summed E-state index contributed by atoms with van der Waals surface area (Å²) in [6.07, 6.45) is 2.44. The molecule has 2 aliphatic rings. The first-order chi connectivity index (χ1) is 13.5. The molecule has 0 saturated carbocycles. The first-order valence-corrected chi connectivity index (χ1v) is 10.7. The average molecular weight is 409 g/mol. The summed E-state index contributed by atoms with van der Waals surface area (Å²) in [4.78, 5) is 45.8. The van der Waals surface area contributed by atoms with Gasteiger partial charge in [-0.05, 0) is 32.6 Å². The van der Waals surface area contributed by atoms with E-state index in [1.807, 2.05) is 6.92 Å². The molecule has 0 aromatic carbocycles. The van der Waals surface area contributed by atoms with Gasteiger partial charge in [0.2, 0.25) is 11.8 Å². The molecule has 1 N–H and O–H groups in total. The van der Waals surface area contributed by atoms with Crippen LogP contribution in [0.5, 0.6) is 0 Å². The summed E-state index contributed by atoms with van der Waals surface area (Å²) in [7, 11) is 1.63. The van der Waals surface area contributed by atoms with Crippen molar-refractivity contribution in [1.29, 1.82) is 0 Å². The van der Waals surface area contributed by atoms with Crippen LogP contribution in [0.2, 0.25) is 0 Å². The number of carbonyl (C=O) groups excluding carboxylic acids is 3. The molecule has 8 nitrogen and oxygen atoms in total. The molecule has 3 heterocycles. The molecule has 1 unspecified atom stereocenters. The number of piperidine rings is 1. The fourth-order valence-electron chi connectivity index (χ4n) is 4.19. The molecule has 3 amide bonds. The Balaban J connectivity index is 1.62. The summed E-state index contributed by atoms with van der Waals surface area (Å²) < 4.78 is 5.00. The Kier molecular flexibility index (Phi) is 6.66. The third-order valence-corrected chi connectivity index (χ3v) is 6.39. The number of hydrogen-bond donors (Lipinski definition) is 1. The van der Waals surface area contributed by atoms with Crippen LogP contribution < -0.4 is 5.32 Å². The number of aromatic nitrogens is 1. The summed E-state index contributed by atoms with van der Waals surface area (Å²) >= 11 is 1.40. The highest BCUT2D eigenvalue weighted by Gasteiger charge is 2.54. The van der Waals surface area contributed by atoms with Gasteiger partial charge >= 0.3 is 0 Å². The summed E-state index contributed by atoms with van der Waals surface area (Å²) in [5, 5.41) is 4.67. The standard InChI is InChI=1S/C19H28N4O4S/c1-3-23-15(16(24)20-7-4-10-27-2)11-19(18(23)26)5-8-22(9-6-19)17(25)14-12-28-13-21-14/h12-13,15H,3-11H2,1-2H3,(H,20,24). The van der Waals surface area contributed by atoms with Crippen LogP contribution in [0.4, 0.5) is 0 Å². The number of ether oxygens (including phenoxy) is 1. The van der Waals surface area contributed by atoms with Crippen LogP contribution >= 0.6 is 11.3 Å². The van der Waals surface area contributed by atoms with Gasteiger partial charge in [-0.2, -0.15) is 0 Å². The molecule has 2 aliphatic heterocycles. The van der Waals surface area contributed by atoms with E-state index in [1.54, 1.807) is 27.8 Å². The van der Waals surface area contributed by atoms with Crippen LogP contribution in [0.25, 0.3) is 0 Å². The number of nitrogens with one attached hydrogen (secondary N) is 1. The largest absolute Gasteiger partial charge is 0.385 e. The predicted octanol–water partition coefficient (Wildman–Crippen LogP) is 1.14. The van der Waals surface area contributed by atoms with Gasteiger partial charge in [0.25, 0.3) is 5.91 Å². The van der Waals surface area contributed by atoms with Crippen molar-refractivity contribution in [2.75, 3.05) is 39.9 Å². The van der Waals surface area contributed by atoms with Crippen LogP contribution in [-0.4, -0.2) is 78.4 Å². The lowest BCUT2D eigenvalue weighted by molar-refractivity contribution is -0.140. The van der Waals surface area contributed by atoms with Crippen LogP contribution in [0.3, 0.4) is 0 Å². The molecule has 28 heavy (non-hydrogen) atoms. The monoisotopic (exact) mass is 408 g/mol. The van der Waals surface area contributed by atoms with Crippen LogP contribution in [0, 0.1) is 5.41 Å². The van der Waals surface area contributed by atoms with E-state index in [0.29, 0.717) is 57.7 Å². The van der Waals surface area contributed by atoms with Crippen LogP contribution in [-0.2, 0) is 14.3 Å². The zero-order valence-corrected chi connectivity index (χ0v) is 17.3. The van der Waals surface area contributed by atoms with Crippen molar-refractivity contribution in [2.24, 2.45) is 5.41 Å². The highest BCUT2D eigenvalue weighted by atomic mass is 32.1. The molecule has 2 saturated heterocycles. The molecule has 1 aromatic rings. The lowest BCUT2D eigenvalue weighted by Gasteiger charge is -2.37. The molecule has 0 aliphatic carbocycles. The number of thiazole rings is 1. The molecule has 2 fully saturated rings. The fourth-order valence-corrected chi connectivity index (χ4v) is 4.72. The summed E-state index contributed by atoms with van der Waals surface area (Å²) in [6, 6.07) is -0.430. The van der Waals surface area contributed by atoms with Gasteiger partial charge in [0.1, 0.15) is 11.7 Å². The SMILES string of the molecule is CCN1C(=O)C2(CCN(C(=O)c3cscn3)CC2)CC1C(=O)NCCCOC. The fraction of sp³-hybridized carbons (Fsp3) is 0.684. The van der Waals surface area contributed by atoms with Gasteiger partial charge in [-0.25, -0.2) is 4.98 Å². The van der Waals surface area contributed by atoms with E-state index < -0.39 is 11.5 Å². The minimum atomic E-state index is -0.538. The third kappa shape index (κ3) is 4.05. The molecular formula is C19H28N4O4S.